The lowest BCUT2D eigenvalue weighted by atomic mass is 10.1. The summed E-state index contributed by atoms with van der Waals surface area (Å²) in [5.74, 6) is -0.116. The van der Waals surface area contributed by atoms with Gasteiger partial charge in [-0.05, 0) is 35.4 Å². The van der Waals surface area contributed by atoms with Gasteiger partial charge in [-0.25, -0.2) is 8.42 Å². The molecule has 0 aromatic heterocycles. The van der Waals surface area contributed by atoms with Crippen LogP contribution in [-0.4, -0.2) is 20.6 Å². The number of benzene rings is 2. The number of carbonyl (C=O) groups is 1. The van der Waals surface area contributed by atoms with E-state index < -0.39 is 9.84 Å². The highest BCUT2D eigenvalue weighted by atomic mass is 35.5. The number of hydrogen-bond acceptors (Lipinski definition) is 3. The lowest BCUT2D eigenvalue weighted by Gasteiger charge is -2.06. The lowest BCUT2D eigenvalue weighted by Crippen LogP contribution is -2.24. The molecular weight excluding hydrogens is 322 g/mol. The maximum atomic E-state index is 11.9. The molecule has 0 saturated carbocycles. The predicted octanol–water partition coefficient (Wildman–Crippen LogP) is 2.60. The first-order chi connectivity index (χ1) is 10.3. The Labute approximate surface area is 135 Å². The largest absolute Gasteiger partial charge is 0.352 e. The van der Waals surface area contributed by atoms with Crippen LogP contribution >= 0.6 is 11.6 Å². The van der Waals surface area contributed by atoms with Crippen molar-refractivity contribution >= 4 is 27.3 Å². The average molecular weight is 338 g/mol. The van der Waals surface area contributed by atoms with Crippen molar-refractivity contribution in [2.75, 3.05) is 6.26 Å². The van der Waals surface area contributed by atoms with Crippen LogP contribution in [0, 0.1) is 0 Å². The summed E-state index contributed by atoms with van der Waals surface area (Å²) in [6, 6.07) is 13.6. The van der Waals surface area contributed by atoms with Crippen molar-refractivity contribution in [1.82, 2.24) is 5.32 Å². The van der Waals surface area contributed by atoms with Crippen LogP contribution in [0.15, 0.2) is 53.4 Å². The third-order valence-electron chi connectivity index (χ3n) is 3.09. The second-order valence-electron chi connectivity index (χ2n) is 5.00. The zero-order valence-corrected chi connectivity index (χ0v) is 13.6. The van der Waals surface area contributed by atoms with Crippen molar-refractivity contribution in [3.8, 4) is 0 Å². The maximum absolute atomic E-state index is 11.9. The van der Waals surface area contributed by atoms with Gasteiger partial charge in [-0.3, -0.25) is 4.79 Å². The second-order valence-corrected chi connectivity index (χ2v) is 7.45. The van der Waals surface area contributed by atoms with Crippen LogP contribution in [0.1, 0.15) is 11.1 Å². The molecule has 0 fully saturated rings. The fourth-order valence-electron chi connectivity index (χ4n) is 1.95. The van der Waals surface area contributed by atoms with Crippen LogP contribution < -0.4 is 5.32 Å². The molecule has 0 spiro atoms. The van der Waals surface area contributed by atoms with Crippen LogP contribution in [0.25, 0.3) is 0 Å². The molecule has 0 aliphatic carbocycles. The highest BCUT2D eigenvalue weighted by Crippen LogP contribution is 2.12. The molecule has 2 rings (SSSR count). The molecule has 22 heavy (non-hydrogen) atoms. The van der Waals surface area contributed by atoms with Crippen molar-refractivity contribution < 1.29 is 13.2 Å². The highest BCUT2D eigenvalue weighted by Gasteiger charge is 2.07. The van der Waals surface area contributed by atoms with Gasteiger partial charge in [0.25, 0.3) is 0 Å². The molecule has 0 aliphatic rings. The van der Waals surface area contributed by atoms with E-state index in [4.69, 9.17) is 11.6 Å². The van der Waals surface area contributed by atoms with Crippen molar-refractivity contribution in [3.63, 3.8) is 0 Å². The zero-order valence-electron chi connectivity index (χ0n) is 12.0. The van der Waals surface area contributed by atoms with Crippen LogP contribution in [0.3, 0.4) is 0 Å². The minimum absolute atomic E-state index is 0.116. The number of carbonyl (C=O) groups excluding carboxylic acids is 1. The summed E-state index contributed by atoms with van der Waals surface area (Å²) in [7, 11) is -3.20. The fourth-order valence-corrected chi connectivity index (χ4v) is 2.79. The van der Waals surface area contributed by atoms with Crippen LogP contribution in [-0.2, 0) is 27.6 Å². The average Bonchev–Trinajstić information content (AvgIpc) is 2.45. The third kappa shape index (κ3) is 4.86. The molecule has 1 amide bonds. The Bertz CT molecular complexity index is 770. The zero-order chi connectivity index (χ0) is 16.2. The third-order valence-corrected chi connectivity index (χ3v) is 4.46. The molecule has 4 nitrogen and oxygen atoms in total. The Morgan fingerprint density at radius 3 is 2.36 bits per heavy atom. The number of nitrogens with one attached hydrogen (secondary N) is 1. The van der Waals surface area contributed by atoms with Gasteiger partial charge in [0.15, 0.2) is 9.84 Å². The van der Waals surface area contributed by atoms with Gasteiger partial charge in [0.1, 0.15) is 0 Å². The SMILES string of the molecule is CS(=O)(=O)c1ccc(CNC(=O)Cc2cccc(Cl)c2)cc1. The van der Waals surface area contributed by atoms with Gasteiger partial charge in [-0.2, -0.15) is 0 Å². The molecule has 0 atom stereocenters. The monoisotopic (exact) mass is 337 g/mol. The molecule has 2 aromatic carbocycles. The normalized spacial score (nSPS) is 11.2. The lowest BCUT2D eigenvalue weighted by molar-refractivity contribution is -0.120. The molecule has 116 valence electrons. The molecular formula is C16H16ClNO3S. The number of sulfone groups is 1. The van der Waals surface area contributed by atoms with Crippen molar-refractivity contribution in [3.05, 3.63) is 64.7 Å². The number of halogens is 1. The number of amides is 1. The summed E-state index contributed by atoms with van der Waals surface area (Å²) in [6.45, 7) is 0.351. The Kier molecular flexibility index (Phi) is 5.21. The molecule has 0 heterocycles. The summed E-state index contributed by atoms with van der Waals surface area (Å²) < 4.78 is 22.7. The van der Waals surface area contributed by atoms with Gasteiger partial charge in [-0.15, -0.1) is 0 Å². The minimum Gasteiger partial charge on any atom is -0.352 e. The number of rotatable bonds is 5. The first-order valence-electron chi connectivity index (χ1n) is 6.65. The highest BCUT2D eigenvalue weighted by molar-refractivity contribution is 7.90. The molecule has 0 radical (unpaired) electrons. The molecule has 2 aromatic rings. The Balaban J connectivity index is 1.91. The van der Waals surface area contributed by atoms with E-state index in [1.54, 1.807) is 30.3 Å². The van der Waals surface area contributed by atoms with E-state index in [1.165, 1.54) is 12.1 Å². The standard InChI is InChI=1S/C16H16ClNO3S/c1-22(20,21)15-7-5-12(6-8-15)11-18-16(19)10-13-3-2-4-14(17)9-13/h2-9H,10-11H2,1H3,(H,18,19). The van der Waals surface area contributed by atoms with E-state index in [2.05, 4.69) is 5.32 Å². The molecule has 0 aliphatic heterocycles. The molecule has 0 unspecified atom stereocenters. The Morgan fingerprint density at radius 2 is 1.77 bits per heavy atom. The first kappa shape index (κ1) is 16.5. The summed E-state index contributed by atoms with van der Waals surface area (Å²) >= 11 is 5.87. The Morgan fingerprint density at radius 1 is 1.09 bits per heavy atom. The van der Waals surface area contributed by atoms with Crippen LogP contribution in [0.5, 0.6) is 0 Å². The molecule has 6 heteroatoms. The summed E-state index contributed by atoms with van der Waals surface area (Å²) in [4.78, 5) is 12.1. The van der Waals surface area contributed by atoms with Gasteiger partial charge >= 0.3 is 0 Å². The van der Waals surface area contributed by atoms with Gasteiger partial charge in [0.05, 0.1) is 11.3 Å². The van der Waals surface area contributed by atoms with Gasteiger partial charge in [0, 0.05) is 17.8 Å². The summed E-state index contributed by atoms with van der Waals surface area (Å²) in [5, 5.41) is 3.39. The topological polar surface area (TPSA) is 63.2 Å². The van der Waals surface area contributed by atoms with E-state index in [0.29, 0.717) is 11.6 Å². The first-order valence-corrected chi connectivity index (χ1v) is 8.92. The predicted molar refractivity (Wildman–Crippen MR) is 86.6 cm³/mol. The van der Waals surface area contributed by atoms with Crippen molar-refractivity contribution in [2.45, 2.75) is 17.9 Å². The van der Waals surface area contributed by atoms with Crippen molar-refractivity contribution in [2.24, 2.45) is 0 Å². The Hall–Kier alpha value is -1.85. The minimum atomic E-state index is -3.20. The molecule has 0 saturated heterocycles. The van der Waals surface area contributed by atoms with Gasteiger partial charge in [0.2, 0.25) is 5.91 Å². The second kappa shape index (κ2) is 6.94. The maximum Gasteiger partial charge on any atom is 0.224 e. The van der Waals surface area contributed by atoms with Crippen molar-refractivity contribution in [1.29, 1.82) is 0 Å². The molecule has 0 bridgehead atoms. The van der Waals surface area contributed by atoms with Crippen LogP contribution in [0.2, 0.25) is 5.02 Å². The van der Waals surface area contributed by atoms with Gasteiger partial charge < -0.3 is 5.32 Å². The smallest absolute Gasteiger partial charge is 0.224 e. The van der Waals surface area contributed by atoms with Crippen LogP contribution in [0.4, 0.5) is 0 Å². The van der Waals surface area contributed by atoms with E-state index in [-0.39, 0.29) is 17.2 Å². The van der Waals surface area contributed by atoms with E-state index >= 15 is 0 Å². The summed E-state index contributed by atoms with van der Waals surface area (Å²) in [5.41, 5.74) is 1.68. The molecule has 1 N–H and O–H groups in total. The van der Waals surface area contributed by atoms with E-state index in [0.717, 1.165) is 17.4 Å². The fraction of sp³-hybridized carbons (Fsp3) is 0.188. The van der Waals surface area contributed by atoms with E-state index in [9.17, 15) is 13.2 Å². The van der Waals surface area contributed by atoms with Gasteiger partial charge in [-0.1, -0.05) is 35.9 Å². The quantitative estimate of drug-likeness (QED) is 0.912. The van der Waals surface area contributed by atoms with E-state index in [1.807, 2.05) is 6.07 Å². The number of hydrogen-bond donors (Lipinski definition) is 1. The summed E-state index contributed by atoms with van der Waals surface area (Å²) in [6.07, 6.45) is 1.41.